The molecule has 3 rings (SSSR count). The van der Waals surface area contributed by atoms with E-state index in [1.807, 2.05) is 0 Å². The fourth-order valence-corrected chi connectivity index (χ4v) is 3.84. The van der Waals surface area contributed by atoms with Crippen molar-refractivity contribution in [3.05, 3.63) is 0 Å². The summed E-state index contributed by atoms with van der Waals surface area (Å²) in [7, 11) is 0. The molecule has 3 aliphatic heterocycles. The molecule has 0 saturated carbocycles. The number of hydrogen-bond acceptors (Lipinski definition) is 16. The molecule has 0 aromatic rings. The average molecular weight is 504 g/mol. The van der Waals surface area contributed by atoms with Crippen LogP contribution in [0.15, 0.2) is 0 Å². The lowest BCUT2D eigenvalue weighted by Crippen LogP contribution is -2.62. The molecule has 3 aliphatic rings. The van der Waals surface area contributed by atoms with Crippen LogP contribution in [-0.2, 0) is 23.7 Å². The van der Waals surface area contributed by atoms with Crippen molar-refractivity contribution in [1.29, 1.82) is 0 Å². The monoisotopic (exact) mass is 504 g/mol. The summed E-state index contributed by atoms with van der Waals surface area (Å²) in [5.41, 5.74) is 0. The smallest absolute Gasteiger partial charge is 0.186 e. The molecule has 0 radical (unpaired) electrons. The summed E-state index contributed by atoms with van der Waals surface area (Å²) in [4.78, 5) is 0. The van der Waals surface area contributed by atoms with Crippen molar-refractivity contribution in [3.8, 4) is 0 Å². The molecule has 3 saturated heterocycles. The molecule has 3 heterocycles. The normalized spacial score (nSPS) is 52.5. The van der Waals surface area contributed by atoms with Crippen molar-refractivity contribution in [2.45, 2.75) is 92.1 Å². The number of aliphatic hydroxyl groups is 11. The Morgan fingerprint density at radius 1 is 0.441 bits per heavy atom. The van der Waals surface area contributed by atoms with Gasteiger partial charge in [-0.15, -0.1) is 0 Å². The molecule has 3 fully saturated rings. The molecule has 16 heteroatoms. The van der Waals surface area contributed by atoms with Gasteiger partial charge >= 0.3 is 0 Å². The second kappa shape index (κ2) is 11.6. The lowest BCUT2D eigenvalue weighted by Gasteiger charge is -2.43. The van der Waals surface area contributed by atoms with Gasteiger partial charge in [0.25, 0.3) is 0 Å². The second-order valence-electron chi connectivity index (χ2n) is 8.42. The predicted molar refractivity (Wildman–Crippen MR) is 101 cm³/mol. The van der Waals surface area contributed by atoms with Crippen molar-refractivity contribution >= 4 is 0 Å². The zero-order chi connectivity index (χ0) is 25.3. The van der Waals surface area contributed by atoms with Crippen LogP contribution in [0.25, 0.3) is 0 Å². The first-order chi connectivity index (χ1) is 16.0. The van der Waals surface area contributed by atoms with Gasteiger partial charge < -0.3 is 79.9 Å². The number of hydrogen-bond donors (Lipinski definition) is 11. The Morgan fingerprint density at radius 2 is 0.824 bits per heavy atom. The number of ether oxygens (including phenoxy) is 5. The summed E-state index contributed by atoms with van der Waals surface area (Å²) in [6.07, 6.45) is -24.4. The minimum absolute atomic E-state index is 0.570. The van der Waals surface area contributed by atoms with E-state index in [1.165, 1.54) is 0 Å². The highest BCUT2D eigenvalue weighted by molar-refractivity contribution is 4.92. The minimum atomic E-state index is -1.82. The van der Waals surface area contributed by atoms with Crippen molar-refractivity contribution in [2.75, 3.05) is 19.8 Å². The molecule has 16 nitrogen and oxygen atoms in total. The van der Waals surface area contributed by atoms with Gasteiger partial charge in [-0.2, -0.15) is 0 Å². The van der Waals surface area contributed by atoms with Crippen LogP contribution in [0.2, 0.25) is 0 Å². The summed E-state index contributed by atoms with van der Waals surface area (Å²) in [6, 6.07) is 0. The standard InChI is InChI=1S/C18H32O16/c19-1-4-7(20)11(24)14(27)17(33-4)31-3-6-9(22)12(25)15(28)18(34-6)30-2-5-8(21)10(23)13(26)16(29)32-5/h4-29H,1-3H2/t4-,5-,6-,7-,8-,9-,10+,11+,12+,13-,14?,15-,16+,17+,18+/m1/s1. The Bertz CT molecular complexity index is 639. The van der Waals surface area contributed by atoms with Crippen molar-refractivity contribution in [2.24, 2.45) is 0 Å². The Balaban J connectivity index is 1.58. The highest BCUT2D eigenvalue weighted by Crippen LogP contribution is 2.27. The van der Waals surface area contributed by atoms with E-state index >= 15 is 0 Å². The van der Waals surface area contributed by atoms with Crippen molar-refractivity contribution in [3.63, 3.8) is 0 Å². The third-order valence-electron chi connectivity index (χ3n) is 6.05. The maximum Gasteiger partial charge on any atom is 0.186 e. The lowest BCUT2D eigenvalue weighted by molar-refractivity contribution is -0.340. The molecule has 0 aromatic carbocycles. The molecular weight excluding hydrogens is 472 g/mol. The molecule has 0 bridgehead atoms. The van der Waals surface area contributed by atoms with Crippen LogP contribution in [0.4, 0.5) is 0 Å². The Morgan fingerprint density at radius 3 is 1.29 bits per heavy atom. The van der Waals surface area contributed by atoms with E-state index < -0.39 is 112 Å². The Labute approximate surface area is 192 Å². The van der Waals surface area contributed by atoms with Crippen LogP contribution in [-0.4, -0.2) is 168 Å². The highest BCUT2D eigenvalue weighted by Gasteiger charge is 2.48. The SMILES string of the molecule is OC[C@H]1O[C@H](OC[C@H]2O[C@H](OC[C@H]3O[C@H](O)[C@H](O)[C@@H](O)[C@@H]3O)[C@H](O)[C@@H](O)[C@@H]2O)C(O)[C@@H](O)[C@@H]1O. The van der Waals surface area contributed by atoms with Crippen molar-refractivity contribution in [1.82, 2.24) is 0 Å². The summed E-state index contributed by atoms with van der Waals surface area (Å²) < 4.78 is 26.1. The van der Waals surface area contributed by atoms with E-state index in [4.69, 9.17) is 23.7 Å². The van der Waals surface area contributed by atoms with Crippen LogP contribution in [0.5, 0.6) is 0 Å². The molecule has 0 spiro atoms. The van der Waals surface area contributed by atoms with Gasteiger partial charge in [0.05, 0.1) is 19.8 Å². The molecule has 11 N–H and O–H groups in total. The van der Waals surface area contributed by atoms with Gasteiger partial charge in [-0.1, -0.05) is 0 Å². The number of rotatable bonds is 7. The van der Waals surface area contributed by atoms with Crippen LogP contribution in [0.3, 0.4) is 0 Å². The van der Waals surface area contributed by atoms with Gasteiger partial charge in [0.2, 0.25) is 0 Å². The zero-order valence-electron chi connectivity index (χ0n) is 17.7. The molecule has 15 atom stereocenters. The van der Waals surface area contributed by atoms with E-state index in [-0.39, 0.29) is 0 Å². The van der Waals surface area contributed by atoms with E-state index in [2.05, 4.69) is 0 Å². The zero-order valence-corrected chi connectivity index (χ0v) is 17.7. The first-order valence-electron chi connectivity index (χ1n) is 10.6. The fraction of sp³-hybridized carbons (Fsp3) is 1.00. The summed E-state index contributed by atoms with van der Waals surface area (Å²) in [5, 5.41) is 108. The summed E-state index contributed by atoms with van der Waals surface area (Å²) in [5.74, 6) is 0. The van der Waals surface area contributed by atoms with E-state index in [0.717, 1.165) is 0 Å². The van der Waals surface area contributed by atoms with Crippen LogP contribution in [0, 0.1) is 0 Å². The fourth-order valence-electron chi connectivity index (χ4n) is 3.84. The van der Waals surface area contributed by atoms with E-state index in [1.54, 1.807) is 0 Å². The van der Waals surface area contributed by atoms with Crippen LogP contribution < -0.4 is 0 Å². The summed E-state index contributed by atoms with van der Waals surface area (Å²) in [6.45, 7) is -1.84. The van der Waals surface area contributed by atoms with Gasteiger partial charge in [-0.3, -0.25) is 0 Å². The molecule has 0 aliphatic carbocycles. The predicted octanol–water partition coefficient (Wildman–Crippen LogP) is -7.57. The quantitative estimate of drug-likeness (QED) is 0.154. The molecule has 34 heavy (non-hydrogen) atoms. The molecule has 0 aromatic heterocycles. The summed E-state index contributed by atoms with van der Waals surface area (Å²) >= 11 is 0. The van der Waals surface area contributed by atoms with Crippen molar-refractivity contribution < 1.29 is 79.9 Å². The van der Waals surface area contributed by atoms with E-state index in [9.17, 15) is 56.2 Å². The third kappa shape index (κ3) is 5.68. The topological polar surface area (TPSA) is 269 Å². The first-order valence-corrected chi connectivity index (χ1v) is 10.6. The molecular formula is C18H32O16. The molecule has 200 valence electrons. The molecule has 0 amide bonds. The van der Waals surface area contributed by atoms with Gasteiger partial charge in [0.15, 0.2) is 18.9 Å². The number of aliphatic hydroxyl groups excluding tert-OH is 11. The van der Waals surface area contributed by atoms with Gasteiger partial charge in [-0.25, -0.2) is 0 Å². The average Bonchev–Trinajstić information content (AvgIpc) is 2.82. The highest BCUT2D eigenvalue weighted by atomic mass is 16.7. The Hall–Kier alpha value is -0.640. The van der Waals surface area contributed by atoms with Crippen LogP contribution >= 0.6 is 0 Å². The third-order valence-corrected chi connectivity index (χ3v) is 6.05. The largest absolute Gasteiger partial charge is 0.394 e. The first kappa shape index (κ1) is 27.9. The molecule has 1 unspecified atom stereocenters. The van der Waals surface area contributed by atoms with Gasteiger partial charge in [-0.05, 0) is 0 Å². The van der Waals surface area contributed by atoms with Gasteiger partial charge in [0.1, 0.15) is 73.2 Å². The maximum absolute atomic E-state index is 10.2. The Kier molecular flexibility index (Phi) is 9.54. The van der Waals surface area contributed by atoms with E-state index in [0.29, 0.717) is 0 Å². The maximum atomic E-state index is 10.2. The second-order valence-corrected chi connectivity index (χ2v) is 8.42. The van der Waals surface area contributed by atoms with Gasteiger partial charge in [0, 0.05) is 0 Å². The minimum Gasteiger partial charge on any atom is -0.394 e. The lowest BCUT2D eigenvalue weighted by atomic mass is 9.98. The van der Waals surface area contributed by atoms with Crippen LogP contribution in [0.1, 0.15) is 0 Å².